The van der Waals surface area contributed by atoms with Crippen LogP contribution in [-0.4, -0.2) is 34.0 Å². The van der Waals surface area contributed by atoms with Crippen molar-refractivity contribution in [1.82, 2.24) is 9.97 Å². The summed E-state index contributed by atoms with van der Waals surface area (Å²) in [7, 11) is 0. The molecule has 2 aromatic rings. The van der Waals surface area contributed by atoms with Crippen LogP contribution in [0.3, 0.4) is 0 Å². The van der Waals surface area contributed by atoms with E-state index in [9.17, 15) is 14.9 Å². The lowest BCUT2D eigenvalue weighted by atomic mass is 10.2. The summed E-state index contributed by atoms with van der Waals surface area (Å²) in [4.78, 5) is 31.3. The van der Waals surface area contributed by atoms with E-state index in [2.05, 4.69) is 15.3 Å². The Kier molecular flexibility index (Phi) is 3.96. The van der Waals surface area contributed by atoms with E-state index in [0.29, 0.717) is 23.9 Å². The fourth-order valence-corrected chi connectivity index (χ4v) is 2.76. The summed E-state index contributed by atoms with van der Waals surface area (Å²) >= 11 is 0. The second-order valence-corrected chi connectivity index (χ2v) is 5.56. The fraction of sp³-hybridized carbons (Fsp3) is 0.333. The van der Waals surface area contributed by atoms with Crippen molar-refractivity contribution < 1.29 is 4.92 Å². The summed E-state index contributed by atoms with van der Waals surface area (Å²) in [5.41, 5.74) is 1.06. The molecule has 23 heavy (non-hydrogen) atoms. The van der Waals surface area contributed by atoms with E-state index in [4.69, 9.17) is 0 Å². The van der Waals surface area contributed by atoms with E-state index in [1.54, 1.807) is 25.1 Å². The van der Waals surface area contributed by atoms with Gasteiger partial charge in [0.1, 0.15) is 5.69 Å². The van der Waals surface area contributed by atoms with Gasteiger partial charge in [-0.3, -0.25) is 19.9 Å². The van der Waals surface area contributed by atoms with Crippen molar-refractivity contribution in [2.45, 2.75) is 19.4 Å². The summed E-state index contributed by atoms with van der Waals surface area (Å²) in [6, 6.07) is 8.10. The zero-order valence-corrected chi connectivity index (χ0v) is 12.7. The normalized spacial score (nSPS) is 17.3. The van der Waals surface area contributed by atoms with Gasteiger partial charge in [0, 0.05) is 37.0 Å². The first-order valence-corrected chi connectivity index (χ1v) is 7.36. The van der Waals surface area contributed by atoms with Gasteiger partial charge in [-0.25, -0.2) is 4.98 Å². The average molecular weight is 315 g/mol. The maximum absolute atomic E-state index is 11.5. The van der Waals surface area contributed by atoms with Crippen LogP contribution in [0.15, 0.2) is 35.1 Å². The largest absolute Gasteiger partial charge is 0.375 e. The maximum Gasteiger partial charge on any atom is 0.292 e. The van der Waals surface area contributed by atoms with E-state index in [-0.39, 0.29) is 17.3 Å². The van der Waals surface area contributed by atoms with Gasteiger partial charge in [-0.2, -0.15) is 0 Å². The van der Waals surface area contributed by atoms with Gasteiger partial charge >= 0.3 is 0 Å². The van der Waals surface area contributed by atoms with Crippen LogP contribution in [0, 0.1) is 17.0 Å². The van der Waals surface area contributed by atoms with Gasteiger partial charge in [-0.15, -0.1) is 0 Å². The molecular formula is C15H17N5O3. The molecule has 1 aliphatic rings. The van der Waals surface area contributed by atoms with E-state index in [1.807, 2.05) is 4.90 Å². The van der Waals surface area contributed by atoms with Crippen molar-refractivity contribution in [1.29, 1.82) is 0 Å². The number of aromatic amines is 1. The second-order valence-electron chi connectivity index (χ2n) is 5.56. The van der Waals surface area contributed by atoms with Gasteiger partial charge in [0.15, 0.2) is 0 Å². The van der Waals surface area contributed by atoms with Crippen molar-refractivity contribution in [3.05, 3.63) is 56.5 Å². The smallest absolute Gasteiger partial charge is 0.292 e. The predicted molar refractivity (Wildman–Crippen MR) is 86.9 cm³/mol. The minimum Gasteiger partial charge on any atom is -0.375 e. The molecule has 3 rings (SSSR count). The molecule has 120 valence electrons. The highest BCUT2D eigenvalue weighted by Gasteiger charge is 2.26. The molecule has 8 nitrogen and oxygen atoms in total. The number of H-pyrrole nitrogens is 1. The summed E-state index contributed by atoms with van der Waals surface area (Å²) in [6.07, 6.45) is 0.809. The molecule has 0 amide bonds. The number of nitrogens with zero attached hydrogens (tertiary/aromatic N) is 3. The topological polar surface area (TPSA) is 104 Å². The van der Waals surface area contributed by atoms with Crippen LogP contribution in [0.25, 0.3) is 0 Å². The zero-order chi connectivity index (χ0) is 16.4. The molecule has 1 saturated heterocycles. The Hall–Kier alpha value is -2.90. The van der Waals surface area contributed by atoms with Crippen molar-refractivity contribution in [2.75, 3.05) is 23.3 Å². The lowest BCUT2D eigenvalue weighted by Crippen LogP contribution is -2.29. The van der Waals surface area contributed by atoms with Gasteiger partial charge in [0.25, 0.3) is 11.2 Å². The van der Waals surface area contributed by atoms with Crippen LogP contribution in [0.2, 0.25) is 0 Å². The Balaban J connectivity index is 1.73. The summed E-state index contributed by atoms with van der Waals surface area (Å²) in [5, 5.41) is 14.3. The molecule has 0 aliphatic carbocycles. The Labute approximate surface area is 132 Å². The Morgan fingerprint density at radius 3 is 2.96 bits per heavy atom. The highest BCUT2D eigenvalue weighted by Crippen LogP contribution is 2.26. The molecule has 1 aromatic heterocycles. The van der Waals surface area contributed by atoms with Crippen molar-refractivity contribution in [2.24, 2.45) is 0 Å². The number of aromatic nitrogens is 2. The van der Waals surface area contributed by atoms with E-state index < -0.39 is 4.92 Å². The van der Waals surface area contributed by atoms with Gasteiger partial charge in [0.2, 0.25) is 5.95 Å². The zero-order valence-electron chi connectivity index (χ0n) is 12.7. The van der Waals surface area contributed by atoms with E-state index >= 15 is 0 Å². The van der Waals surface area contributed by atoms with Gasteiger partial charge in [0.05, 0.1) is 4.92 Å². The number of nitro benzene ring substituents is 1. The maximum atomic E-state index is 11.5. The van der Waals surface area contributed by atoms with Crippen molar-refractivity contribution >= 4 is 17.3 Å². The summed E-state index contributed by atoms with van der Waals surface area (Å²) in [5.74, 6) is 0.543. The number of rotatable bonds is 4. The molecule has 1 fully saturated rings. The van der Waals surface area contributed by atoms with Crippen molar-refractivity contribution in [3.63, 3.8) is 0 Å². The van der Waals surface area contributed by atoms with Crippen LogP contribution < -0.4 is 15.8 Å². The van der Waals surface area contributed by atoms with E-state index in [0.717, 1.165) is 13.0 Å². The Morgan fingerprint density at radius 2 is 2.22 bits per heavy atom. The van der Waals surface area contributed by atoms with Crippen molar-refractivity contribution in [3.8, 4) is 0 Å². The standard InChI is InChI=1S/C15H17N5O3/c1-10-8-14(21)18-15(16-10)19-7-6-11(9-19)17-12-4-2-3-5-13(12)20(22)23/h2-5,8,11,17H,6-7,9H2,1H3,(H,16,18,21). The monoisotopic (exact) mass is 315 g/mol. The van der Waals surface area contributed by atoms with E-state index in [1.165, 1.54) is 12.1 Å². The molecule has 1 unspecified atom stereocenters. The third-order valence-corrected chi connectivity index (χ3v) is 3.81. The minimum absolute atomic E-state index is 0.0573. The van der Waals surface area contributed by atoms with Crippen LogP contribution in [0.4, 0.5) is 17.3 Å². The number of hydrogen-bond donors (Lipinski definition) is 2. The molecule has 0 saturated carbocycles. The molecular weight excluding hydrogens is 298 g/mol. The lowest BCUT2D eigenvalue weighted by molar-refractivity contribution is -0.384. The average Bonchev–Trinajstić information content (AvgIpc) is 2.95. The lowest BCUT2D eigenvalue weighted by Gasteiger charge is -2.18. The predicted octanol–water partition coefficient (Wildman–Crippen LogP) is 1.68. The second kappa shape index (κ2) is 6.07. The summed E-state index contributed by atoms with van der Waals surface area (Å²) in [6.45, 7) is 3.13. The first-order valence-electron chi connectivity index (χ1n) is 7.36. The molecule has 1 atom stereocenters. The number of anilines is 2. The third-order valence-electron chi connectivity index (χ3n) is 3.81. The molecule has 0 bridgehead atoms. The first-order chi connectivity index (χ1) is 11.0. The molecule has 0 spiro atoms. The Bertz CT molecular complexity index is 789. The van der Waals surface area contributed by atoms with Gasteiger partial charge < -0.3 is 10.2 Å². The number of nitro groups is 1. The summed E-state index contributed by atoms with van der Waals surface area (Å²) < 4.78 is 0. The van der Waals surface area contributed by atoms with Crippen LogP contribution in [0.1, 0.15) is 12.1 Å². The molecule has 2 N–H and O–H groups in total. The highest BCUT2D eigenvalue weighted by molar-refractivity contribution is 5.62. The quantitative estimate of drug-likeness (QED) is 0.657. The van der Waals surface area contributed by atoms with Gasteiger partial charge in [-0.05, 0) is 19.4 Å². The highest BCUT2D eigenvalue weighted by atomic mass is 16.6. The fourth-order valence-electron chi connectivity index (χ4n) is 2.76. The first kappa shape index (κ1) is 15.0. The van der Waals surface area contributed by atoms with Crippen LogP contribution in [0.5, 0.6) is 0 Å². The number of nitrogens with one attached hydrogen (secondary N) is 2. The Morgan fingerprint density at radius 1 is 1.43 bits per heavy atom. The van der Waals surface area contributed by atoms with Crippen LogP contribution >= 0.6 is 0 Å². The van der Waals surface area contributed by atoms with Gasteiger partial charge in [-0.1, -0.05) is 12.1 Å². The van der Waals surface area contributed by atoms with Crippen LogP contribution in [-0.2, 0) is 0 Å². The third kappa shape index (κ3) is 3.31. The molecule has 1 aliphatic heterocycles. The number of benzene rings is 1. The molecule has 0 radical (unpaired) electrons. The number of hydrogen-bond acceptors (Lipinski definition) is 6. The molecule has 2 heterocycles. The SMILES string of the molecule is Cc1cc(=O)[nH]c(N2CCC(Nc3ccccc3[N+](=O)[O-])C2)n1. The number of aryl methyl sites for hydroxylation is 1. The number of para-hydroxylation sites is 2. The minimum atomic E-state index is -0.394. The molecule has 8 heteroatoms. The molecule has 1 aromatic carbocycles.